The lowest BCUT2D eigenvalue weighted by molar-refractivity contribution is -0.115. The number of para-hydroxylation sites is 1. The van der Waals surface area contributed by atoms with E-state index in [0.29, 0.717) is 10.2 Å². The van der Waals surface area contributed by atoms with Gasteiger partial charge in [0.1, 0.15) is 23.7 Å². The van der Waals surface area contributed by atoms with Crippen molar-refractivity contribution in [3.63, 3.8) is 0 Å². The van der Waals surface area contributed by atoms with Gasteiger partial charge in [-0.3, -0.25) is 4.79 Å². The van der Waals surface area contributed by atoms with Gasteiger partial charge in [-0.15, -0.1) is 0 Å². The zero-order valence-electron chi connectivity index (χ0n) is 11.7. The third-order valence-corrected chi connectivity index (χ3v) is 3.34. The zero-order chi connectivity index (χ0) is 16.8. The van der Waals surface area contributed by atoms with Crippen molar-refractivity contribution in [1.82, 2.24) is 5.32 Å². The summed E-state index contributed by atoms with van der Waals surface area (Å²) < 4.78 is 6.20. The topological polar surface area (TPSA) is 108 Å². The van der Waals surface area contributed by atoms with Gasteiger partial charge in [0.25, 0.3) is 0 Å². The maximum atomic E-state index is 11.8. The number of hydrogen-bond donors (Lipinski definition) is 4. The number of rotatable bonds is 5. The van der Waals surface area contributed by atoms with Gasteiger partial charge in [-0.25, -0.2) is 4.79 Å². The highest BCUT2D eigenvalue weighted by Gasteiger charge is 2.17. The first-order chi connectivity index (χ1) is 11.0. The zero-order valence-corrected chi connectivity index (χ0v) is 13.3. The van der Waals surface area contributed by atoms with E-state index < -0.39 is 18.5 Å². The first kappa shape index (κ1) is 16.6. The normalized spacial score (nSPS) is 9.96. The van der Waals surface area contributed by atoms with E-state index in [9.17, 15) is 14.7 Å². The lowest BCUT2D eigenvalue weighted by Gasteiger charge is -2.15. The summed E-state index contributed by atoms with van der Waals surface area (Å²) in [6.45, 7) is -0.452. The molecule has 0 atom stereocenters. The Hall–Kier alpha value is -2.74. The quantitative estimate of drug-likeness (QED) is 0.595. The van der Waals surface area contributed by atoms with Crippen LogP contribution in [0.1, 0.15) is 0 Å². The molecule has 2 aromatic rings. The highest BCUT2D eigenvalue weighted by Crippen LogP contribution is 2.42. The predicted molar refractivity (Wildman–Crippen MR) is 87.0 cm³/mol. The summed E-state index contributed by atoms with van der Waals surface area (Å²) in [7, 11) is 0. The van der Waals surface area contributed by atoms with E-state index >= 15 is 0 Å². The highest BCUT2D eigenvalue weighted by molar-refractivity contribution is 9.10. The van der Waals surface area contributed by atoms with Crippen LogP contribution in [0.4, 0.5) is 10.5 Å². The summed E-state index contributed by atoms with van der Waals surface area (Å²) in [4.78, 5) is 22.2. The number of anilines is 1. The molecule has 0 radical (unpaired) electrons. The number of carboxylic acid groups (broad SMARTS) is 1. The van der Waals surface area contributed by atoms with Crippen LogP contribution < -0.4 is 15.4 Å². The smallest absolute Gasteiger partial charge is 0.405 e. The summed E-state index contributed by atoms with van der Waals surface area (Å²) in [6, 6.07) is 11.8. The number of nitrogens with one attached hydrogen (secondary N) is 2. The maximum Gasteiger partial charge on any atom is 0.405 e. The Balaban J connectivity index is 2.25. The molecule has 23 heavy (non-hydrogen) atoms. The second-order valence-corrected chi connectivity index (χ2v) is 5.25. The first-order valence-corrected chi connectivity index (χ1v) is 7.27. The number of carbonyl (C=O) groups excluding carboxylic acids is 1. The summed E-state index contributed by atoms with van der Waals surface area (Å²) in [5, 5.41) is 22.8. The Morgan fingerprint density at radius 1 is 1.13 bits per heavy atom. The van der Waals surface area contributed by atoms with E-state index in [-0.39, 0.29) is 17.2 Å². The maximum absolute atomic E-state index is 11.8. The molecule has 0 spiro atoms. The van der Waals surface area contributed by atoms with Gasteiger partial charge in [0.15, 0.2) is 5.75 Å². The van der Waals surface area contributed by atoms with E-state index in [1.165, 1.54) is 6.07 Å². The fourth-order valence-electron chi connectivity index (χ4n) is 1.71. The second-order valence-electron chi connectivity index (χ2n) is 4.39. The Bertz CT molecular complexity index is 721. The van der Waals surface area contributed by atoms with Crippen LogP contribution in [0.2, 0.25) is 0 Å². The number of phenols is 1. The SMILES string of the molecule is O=C(O)NCC(=O)Nc1c(O)ccc(Br)c1Oc1ccccc1. The van der Waals surface area contributed by atoms with Crippen molar-refractivity contribution >= 4 is 33.6 Å². The molecule has 2 amide bonds. The van der Waals surface area contributed by atoms with Gasteiger partial charge < -0.3 is 25.6 Å². The fourth-order valence-corrected chi connectivity index (χ4v) is 2.12. The van der Waals surface area contributed by atoms with Crippen molar-refractivity contribution in [1.29, 1.82) is 0 Å². The Kier molecular flexibility index (Phi) is 5.42. The van der Waals surface area contributed by atoms with Crippen LogP contribution in [0, 0.1) is 0 Å². The van der Waals surface area contributed by atoms with Gasteiger partial charge >= 0.3 is 6.09 Å². The molecule has 0 saturated heterocycles. The van der Waals surface area contributed by atoms with Crippen LogP contribution in [0.25, 0.3) is 0 Å². The van der Waals surface area contributed by atoms with Gasteiger partial charge in [0, 0.05) is 0 Å². The Labute approximate surface area is 140 Å². The summed E-state index contributed by atoms with van der Waals surface area (Å²) >= 11 is 3.29. The van der Waals surface area contributed by atoms with Crippen LogP contribution in [0.5, 0.6) is 17.2 Å². The van der Waals surface area contributed by atoms with Crippen molar-refractivity contribution in [2.24, 2.45) is 0 Å². The van der Waals surface area contributed by atoms with Gasteiger partial charge in [-0.2, -0.15) is 0 Å². The molecule has 0 heterocycles. The molecular formula is C15H13BrN2O5. The fraction of sp³-hybridized carbons (Fsp3) is 0.0667. The lowest BCUT2D eigenvalue weighted by atomic mass is 10.2. The number of phenolic OH excluding ortho intramolecular Hbond substituents is 1. The number of amides is 2. The van der Waals surface area contributed by atoms with E-state index in [1.54, 1.807) is 30.3 Å². The van der Waals surface area contributed by atoms with Crippen molar-refractivity contribution in [2.75, 3.05) is 11.9 Å². The van der Waals surface area contributed by atoms with Gasteiger partial charge in [-0.05, 0) is 40.2 Å². The summed E-state index contributed by atoms with van der Waals surface area (Å²) in [5.74, 6) is -0.126. The molecule has 0 aliphatic carbocycles. The lowest BCUT2D eigenvalue weighted by Crippen LogP contribution is -2.31. The molecular weight excluding hydrogens is 368 g/mol. The molecule has 0 aromatic heterocycles. The third kappa shape index (κ3) is 4.62. The van der Waals surface area contributed by atoms with Gasteiger partial charge in [0.05, 0.1) is 4.47 Å². The molecule has 4 N–H and O–H groups in total. The molecule has 0 saturated carbocycles. The van der Waals surface area contributed by atoms with E-state index in [2.05, 4.69) is 21.2 Å². The van der Waals surface area contributed by atoms with Gasteiger partial charge in [0.2, 0.25) is 5.91 Å². The number of carbonyl (C=O) groups is 2. The molecule has 0 aliphatic heterocycles. The Morgan fingerprint density at radius 2 is 1.83 bits per heavy atom. The van der Waals surface area contributed by atoms with E-state index in [1.807, 2.05) is 11.4 Å². The molecule has 2 aromatic carbocycles. The minimum Gasteiger partial charge on any atom is -0.506 e. The van der Waals surface area contributed by atoms with Crippen molar-refractivity contribution in [3.05, 3.63) is 46.9 Å². The van der Waals surface area contributed by atoms with E-state index in [4.69, 9.17) is 9.84 Å². The Morgan fingerprint density at radius 3 is 2.48 bits per heavy atom. The first-order valence-electron chi connectivity index (χ1n) is 6.48. The van der Waals surface area contributed by atoms with Crippen LogP contribution in [-0.4, -0.2) is 28.8 Å². The third-order valence-electron chi connectivity index (χ3n) is 2.72. The number of ether oxygens (including phenoxy) is 1. The molecule has 2 rings (SSSR count). The number of halogens is 1. The molecule has 0 unspecified atom stereocenters. The number of aromatic hydroxyl groups is 1. The molecule has 120 valence electrons. The number of benzene rings is 2. The minimum atomic E-state index is -1.32. The second kappa shape index (κ2) is 7.50. The molecule has 0 aliphatic rings. The molecule has 0 fully saturated rings. The molecule has 0 bridgehead atoms. The van der Waals surface area contributed by atoms with Crippen LogP contribution in [-0.2, 0) is 4.79 Å². The summed E-state index contributed by atoms with van der Waals surface area (Å²) in [6.07, 6.45) is -1.32. The van der Waals surface area contributed by atoms with E-state index in [0.717, 1.165) is 0 Å². The highest BCUT2D eigenvalue weighted by atomic mass is 79.9. The summed E-state index contributed by atoms with van der Waals surface area (Å²) in [5.41, 5.74) is 0.0421. The molecule has 8 heteroatoms. The average molecular weight is 381 g/mol. The minimum absolute atomic E-state index is 0.0421. The van der Waals surface area contributed by atoms with Crippen LogP contribution in [0.15, 0.2) is 46.9 Å². The standard InChI is InChI=1S/C15H13BrN2O5/c16-10-6-7-11(19)13(18-12(20)8-17-15(21)22)14(10)23-9-4-2-1-3-5-9/h1-7,17,19H,8H2,(H,18,20)(H,21,22). The van der Waals surface area contributed by atoms with Crippen LogP contribution in [0.3, 0.4) is 0 Å². The van der Waals surface area contributed by atoms with Crippen molar-refractivity contribution in [2.45, 2.75) is 0 Å². The largest absolute Gasteiger partial charge is 0.506 e. The number of hydrogen-bond acceptors (Lipinski definition) is 4. The predicted octanol–water partition coefficient (Wildman–Crippen LogP) is 3.15. The van der Waals surface area contributed by atoms with Crippen molar-refractivity contribution in [3.8, 4) is 17.2 Å². The molecule has 7 nitrogen and oxygen atoms in total. The average Bonchev–Trinajstić information content (AvgIpc) is 2.53. The van der Waals surface area contributed by atoms with Crippen LogP contribution >= 0.6 is 15.9 Å². The van der Waals surface area contributed by atoms with Crippen molar-refractivity contribution < 1.29 is 24.5 Å². The monoisotopic (exact) mass is 380 g/mol. The van der Waals surface area contributed by atoms with Gasteiger partial charge in [-0.1, -0.05) is 18.2 Å².